The summed E-state index contributed by atoms with van der Waals surface area (Å²) in [5.74, 6) is 0.421. The zero-order chi connectivity index (χ0) is 16.9. The van der Waals surface area contributed by atoms with Crippen LogP contribution in [0.1, 0.15) is 10.5 Å². The zero-order valence-corrected chi connectivity index (χ0v) is 12.7. The number of hydrogen-bond acceptors (Lipinski definition) is 6. The molecule has 3 rings (SSSR count). The van der Waals surface area contributed by atoms with Gasteiger partial charge in [-0.15, -0.1) is 0 Å². The first-order valence-corrected chi connectivity index (χ1v) is 7.01. The van der Waals surface area contributed by atoms with E-state index in [2.05, 4.69) is 20.4 Å². The summed E-state index contributed by atoms with van der Waals surface area (Å²) in [5.41, 5.74) is 0.375. The Morgan fingerprint density at radius 1 is 1.21 bits per heavy atom. The number of hydrogen-bond donors (Lipinski definition) is 1. The van der Waals surface area contributed by atoms with Crippen molar-refractivity contribution in [2.24, 2.45) is 7.05 Å². The van der Waals surface area contributed by atoms with Crippen molar-refractivity contribution in [2.75, 3.05) is 5.32 Å². The average Bonchev–Trinajstić information content (AvgIpc) is 2.58. The van der Waals surface area contributed by atoms with E-state index in [4.69, 9.17) is 4.74 Å². The molecule has 0 atom stereocenters. The minimum Gasteiger partial charge on any atom is -0.437 e. The van der Waals surface area contributed by atoms with Crippen molar-refractivity contribution in [2.45, 2.75) is 0 Å². The molecule has 2 aromatic heterocycles. The Hall–Kier alpha value is -3.55. The van der Waals surface area contributed by atoms with Gasteiger partial charge in [0.1, 0.15) is 11.4 Å². The summed E-state index contributed by atoms with van der Waals surface area (Å²) >= 11 is 0. The molecule has 120 valence electrons. The number of ether oxygens (including phenoxy) is 1. The Bertz CT molecular complexity index is 924. The SMILES string of the molecule is Cn1nc(C(=O)Nc2cccc(Oc3cnccn3)c2)ccc1=O. The van der Waals surface area contributed by atoms with Crippen molar-refractivity contribution in [3.8, 4) is 11.6 Å². The lowest BCUT2D eigenvalue weighted by Crippen LogP contribution is -2.23. The first kappa shape index (κ1) is 15.3. The molecule has 3 aromatic rings. The van der Waals surface area contributed by atoms with Crippen molar-refractivity contribution >= 4 is 11.6 Å². The molecule has 0 bridgehead atoms. The highest BCUT2D eigenvalue weighted by Crippen LogP contribution is 2.22. The maximum atomic E-state index is 12.2. The topological polar surface area (TPSA) is 99.0 Å². The van der Waals surface area contributed by atoms with E-state index in [1.165, 1.54) is 31.6 Å². The van der Waals surface area contributed by atoms with Crippen LogP contribution in [-0.4, -0.2) is 25.7 Å². The van der Waals surface area contributed by atoms with Gasteiger partial charge in [-0.2, -0.15) is 5.10 Å². The van der Waals surface area contributed by atoms with Gasteiger partial charge in [0.15, 0.2) is 0 Å². The van der Waals surface area contributed by atoms with Crippen LogP contribution in [0.25, 0.3) is 0 Å². The first-order chi connectivity index (χ1) is 11.6. The molecule has 8 nitrogen and oxygen atoms in total. The molecule has 24 heavy (non-hydrogen) atoms. The lowest BCUT2D eigenvalue weighted by molar-refractivity contribution is 0.102. The summed E-state index contributed by atoms with van der Waals surface area (Å²) in [6, 6.07) is 9.48. The first-order valence-electron chi connectivity index (χ1n) is 7.01. The van der Waals surface area contributed by atoms with E-state index >= 15 is 0 Å². The summed E-state index contributed by atoms with van der Waals surface area (Å²) in [4.78, 5) is 31.4. The predicted molar refractivity (Wildman–Crippen MR) is 86.0 cm³/mol. The van der Waals surface area contributed by atoms with Gasteiger partial charge in [0.25, 0.3) is 11.5 Å². The Morgan fingerprint density at radius 2 is 2.08 bits per heavy atom. The number of aryl methyl sites for hydroxylation is 1. The average molecular weight is 323 g/mol. The minimum absolute atomic E-state index is 0.136. The van der Waals surface area contributed by atoms with Crippen LogP contribution in [0.5, 0.6) is 11.6 Å². The molecule has 1 aromatic carbocycles. The molecule has 1 amide bonds. The van der Waals surface area contributed by atoms with Gasteiger partial charge in [0.2, 0.25) is 5.88 Å². The molecule has 0 saturated heterocycles. The number of nitrogens with one attached hydrogen (secondary N) is 1. The van der Waals surface area contributed by atoms with Crippen LogP contribution in [0.15, 0.2) is 59.8 Å². The lowest BCUT2D eigenvalue weighted by atomic mass is 10.3. The molecule has 0 saturated carbocycles. The minimum atomic E-state index is -0.428. The fourth-order valence-electron chi connectivity index (χ4n) is 1.91. The number of anilines is 1. The second kappa shape index (κ2) is 6.69. The van der Waals surface area contributed by atoms with Gasteiger partial charge in [-0.05, 0) is 18.2 Å². The number of aromatic nitrogens is 4. The van der Waals surface area contributed by atoms with E-state index in [1.807, 2.05) is 0 Å². The second-order valence-corrected chi connectivity index (χ2v) is 4.81. The molecule has 0 aliphatic rings. The van der Waals surface area contributed by atoms with Crippen molar-refractivity contribution in [1.82, 2.24) is 19.7 Å². The molecule has 0 radical (unpaired) electrons. The highest BCUT2D eigenvalue weighted by Gasteiger charge is 2.09. The summed E-state index contributed by atoms with van der Waals surface area (Å²) in [6.45, 7) is 0. The summed E-state index contributed by atoms with van der Waals surface area (Å²) in [5, 5.41) is 6.60. The molecule has 2 heterocycles. The molecule has 1 N–H and O–H groups in total. The Kier molecular flexibility index (Phi) is 4.28. The van der Waals surface area contributed by atoms with Crippen LogP contribution in [0, 0.1) is 0 Å². The monoisotopic (exact) mass is 323 g/mol. The molecule has 0 unspecified atom stereocenters. The fraction of sp³-hybridized carbons (Fsp3) is 0.0625. The van der Waals surface area contributed by atoms with Crippen LogP contribution in [0.3, 0.4) is 0 Å². The van der Waals surface area contributed by atoms with Gasteiger partial charge < -0.3 is 10.1 Å². The third-order valence-corrected chi connectivity index (χ3v) is 3.05. The largest absolute Gasteiger partial charge is 0.437 e. The lowest BCUT2D eigenvalue weighted by Gasteiger charge is -2.08. The second-order valence-electron chi connectivity index (χ2n) is 4.81. The van der Waals surface area contributed by atoms with Gasteiger partial charge in [-0.1, -0.05) is 6.07 Å². The van der Waals surface area contributed by atoms with Gasteiger partial charge in [0, 0.05) is 37.3 Å². The molecular weight excluding hydrogens is 310 g/mol. The fourth-order valence-corrected chi connectivity index (χ4v) is 1.91. The number of amides is 1. The van der Waals surface area contributed by atoms with Crippen LogP contribution in [0.4, 0.5) is 5.69 Å². The highest BCUT2D eigenvalue weighted by molar-refractivity contribution is 6.02. The molecular formula is C16H13N5O3. The van der Waals surface area contributed by atoms with Crippen molar-refractivity contribution in [3.05, 3.63) is 71.0 Å². The Labute approximate surface area is 136 Å². The molecule has 0 fully saturated rings. The van der Waals surface area contributed by atoms with E-state index < -0.39 is 5.91 Å². The molecule has 0 aliphatic carbocycles. The van der Waals surface area contributed by atoms with Crippen molar-refractivity contribution in [1.29, 1.82) is 0 Å². The normalized spacial score (nSPS) is 10.2. The number of benzene rings is 1. The molecule has 0 aliphatic heterocycles. The zero-order valence-electron chi connectivity index (χ0n) is 12.7. The standard InChI is InChI=1S/C16H13N5O3/c1-21-15(22)6-5-13(20-21)16(23)19-11-3-2-4-12(9-11)24-14-10-17-7-8-18-14/h2-10H,1H3,(H,19,23). The number of rotatable bonds is 4. The summed E-state index contributed by atoms with van der Waals surface area (Å²) < 4.78 is 6.65. The maximum absolute atomic E-state index is 12.2. The van der Waals surface area contributed by atoms with Crippen LogP contribution < -0.4 is 15.6 Å². The van der Waals surface area contributed by atoms with E-state index in [1.54, 1.807) is 30.5 Å². The van der Waals surface area contributed by atoms with Crippen molar-refractivity contribution in [3.63, 3.8) is 0 Å². The van der Waals surface area contributed by atoms with Gasteiger partial charge in [0.05, 0.1) is 6.20 Å². The molecule has 8 heteroatoms. The highest BCUT2D eigenvalue weighted by atomic mass is 16.5. The number of nitrogens with zero attached hydrogens (tertiary/aromatic N) is 4. The van der Waals surface area contributed by atoms with Gasteiger partial charge in [-0.3, -0.25) is 14.6 Å². The molecule has 0 spiro atoms. The number of carbonyl (C=O) groups excluding carboxylic acids is 1. The quantitative estimate of drug-likeness (QED) is 0.783. The predicted octanol–water partition coefficient (Wildman–Crippen LogP) is 1.61. The van der Waals surface area contributed by atoms with E-state index in [-0.39, 0.29) is 11.3 Å². The third kappa shape index (κ3) is 3.61. The van der Waals surface area contributed by atoms with E-state index in [0.717, 1.165) is 4.68 Å². The Balaban J connectivity index is 1.75. The van der Waals surface area contributed by atoms with E-state index in [0.29, 0.717) is 17.3 Å². The number of carbonyl (C=O) groups is 1. The van der Waals surface area contributed by atoms with Crippen LogP contribution in [-0.2, 0) is 7.05 Å². The summed E-state index contributed by atoms with van der Waals surface area (Å²) in [7, 11) is 1.48. The van der Waals surface area contributed by atoms with Crippen LogP contribution >= 0.6 is 0 Å². The van der Waals surface area contributed by atoms with Gasteiger partial charge >= 0.3 is 0 Å². The van der Waals surface area contributed by atoms with Crippen LogP contribution in [0.2, 0.25) is 0 Å². The summed E-state index contributed by atoms with van der Waals surface area (Å²) in [6.07, 6.45) is 4.55. The third-order valence-electron chi connectivity index (χ3n) is 3.05. The van der Waals surface area contributed by atoms with Crippen molar-refractivity contribution < 1.29 is 9.53 Å². The smallest absolute Gasteiger partial charge is 0.276 e. The Morgan fingerprint density at radius 3 is 2.83 bits per heavy atom. The van der Waals surface area contributed by atoms with E-state index in [9.17, 15) is 9.59 Å². The van der Waals surface area contributed by atoms with Gasteiger partial charge in [-0.25, -0.2) is 9.67 Å². The maximum Gasteiger partial charge on any atom is 0.276 e.